The maximum absolute atomic E-state index is 11.1. The Bertz CT molecular complexity index is 451. The predicted octanol–water partition coefficient (Wildman–Crippen LogP) is 1.94. The van der Waals surface area contributed by atoms with Gasteiger partial charge in [-0.3, -0.25) is 4.79 Å². The number of nitrogens with zero attached hydrogens (tertiary/aromatic N) is 2. The van der Waals surface area contributed by atoms with Crippen LogP contribution in [0.1, 0.15) is 18.9 Å². The molecule has 1 aromatic carbocycles. The Hall–Kier alpha value is -2.04. The standard InChI is InChI=1S/C11H11N3O2/c1-7-6-10(15)12-13-11(7)8-2-4-9(14-16)5-3-8/h2-5,7H,6H2,1H3,(H,12,15). The van der Waals surface area contributed by atoms with Crippen LogP contribution in [0.3, 0.4) is 0 Å². The minimum atomic E-state index is -0.0672. The topological polar surface area (TPSA) is 70.9 Å². The van der Waals surface area contributed by atoms with Gasteiger partial charge in [-0.1, -0.05) is 19.1 Å². The predicted molar refractivity (Wildman–Crippen MR) is 60.4 cm³/mol. The fraction of sp³-hybridized carbons (Fsp3) is 0.273. The zero-order valence-corrected chi connectivity index (χ0v) is 8.80. The molecule has 0 saturated carbocycles. The van der Waals surface area contributed by atoms with Gasteiger partial charge in [0.25, 0.3) is 0 Å². The summed E-state index contributed by atoms with van der Waals surface area (Å²) in [5, 5.41) is 6.85. The second-order valence-electron chi connectivity index (χ2n) is 3.78. The van der Waals surface area contributed by atoms with Crippen molar-refractivity contribution in [1.82, 2.24) is 5.43 Å². The Morgan fingerprint density at radius 3 is 2.62 bits per heavy atom. The van der Waals surface area contributed by atoms with Crippen molar-refractivity contribution >= 4 is 17.3 Å². The zero-order valence-electron chi connectivity index (χ0n) is 8.80. The van der Waals surface area contributed by atoms with E-state index in [0.29, 0.717) is 12.1 Å². The van der Waals surface area contributed by atoms with Gasteiger partial charge >= 0.3 is 0 Å². The molecule has 5 heteroatoms. The van der Waals surface area contributed by atoms with Gasteiger partial charge in [-0.15, -0.1) is 4.91 Å². The Labute approximate surface area is 92.5 Å². The fourth-order valence-electron chi connectivity index (χ4n) is 1.70. The smallest absolute Gasteiger partial charge is 0.240 e. The molecule has 0 aromatic heterocycles. The van der Waals surface area contributed by atoms with Crippen LogP contribution in [0.25, 0.3) is 0 Å². The average molecular weight is 217 g/mol. The first-order valence-electron chi connectivity index (χ1n) is 5.01. The third-order valence-corrected chi connectivity index (χ3v) is 2.53. The summed E-state index contributed by atoms with van der Waals surface area (Å²) < 4.78 is 0. The second kappa shape index (κ2) is 4.22. The van der Waals surface area contributed by atoms with Crippen molar-refractivity contribution in [3.8, 4) is 0 Å². The first-order chi connectivity index (χ1) is 7.70. The van der Waals surface area contributed by atoms with Gasteiger partial charge in [0.15, 0.2) is 0 Å². The van der Waals surface area contributed by atoms with E-state index in [9.17, 15) is 9.70 Å². The number of hydrogen-bond acceptors (Lipinski definition) is 4. The van der Waals surface area contributed by atoms with Crippen LogP contribution in [0, 0.1) is 10.8 Å². The van der Waals surface area contributed by atoms with E-state index in [1.54, 1.807) is 24.3 Å². The summed E-state index contributed by atoms with van der Waals surface area (Å²) in [6, 6.07) is 6.83. The van der Waals surface area contributed by atoms with Crippen molar-refractivity contribution in [1.29, 1.82) is 0 Å². The number of hydrazone groups is 1. The van der Waals surface area contributed by atoms with Crippen LogP contribution >= 0.6 is 0 Å². The molecule has 1 heterocycles. The van der Waals surface area contributed by atoms with Crippen LogP contribution in [0.4, 0.5) is 5.69 Å². The summed E-state index contributed by atoms with van der Waals surface area (Å²) in [5.41, 5.74) is 4.57. The molecule has 1 atom stereocenters. The van der Waals surface area contributed by atoms with E-state index in [2.05, 4.69) is 15.7 Å². The van der Waals surface area contributed by atoms with Crippen LogP contribution in [0.15, 0.2) is 34.5 Å². The zero-order chi connectivity index (χ0) is 11.5. The molecule has 0 saturated heterocycles. The normalized spacial score (nSPS) is 19.9. The number of benzene rings is 1. The van der Waals surface area contributed by atoms with Crippen LogP contribution in [-0.4, -0.2) is 11.6 Å². The molecular weight excluding hydrogens is 206 g/mol. The number of nitrogens with one attached hydrogen (secondary N) is 1. The third-order valence-electron chi connectivity index (χ3n) is 2.53. The van der Waals surface area contributed by atoms with Crippen molar-refractivity contribution in [2.75, 3.05) is 0 Å². The van der Waals surface area contributed by atoms with E-state index in [1.807, 2.05) is 6.92 Å². The Kier molecular flexibility index (Phi) is 2.76. The fourth-order valence-corrected chi connectivity index (χ4v) is 1.70. The molecule has 2 rings (SSSR count). The van der Waals surface area contributed by atoms with E-state index in [0.717, 1.165) is 11.3 Å². The largest absolute Gasteiger partial charge is 0.273 e. The Morgan fingerprint density at radius 2 is 2.06 bits per heavy atom. The average Bonchev–Trinajstić information content (AvgIpc) is 2.29. The van der Waals surface area contributed by atoms with E-state index in [4.69, 9.17) is 0 Å². The van der Waals surface area contributed by atoms with Gasteiger partial charge in [0.05, 0.1) is 5.71 Å². The molecule has 1 aromatic rings. The number of carbonyl (C=O) groups is 1. The maximum atomic E-state index is 11.1. The second-order valence-corrected chi connectivity index (χ2v) is 3.78. The summed E-state index contributed by atoms with van der Waals surface area (Å²) >= 11 is 0. The molecule has 1 amide bonds. The summed E-state index contributed by atoms with van der Waals surface area (Å²) in [7, 11) is 0. The van der Waals surface area contributed by atoms with Gasteiger partial charge in [-0.25, -0.2) is 5.43 Å². The van der Waals surface area contributed by atoms with E-state index >= 15 is 0 Å². The van der Waals surface area contributed by atoms with E-state index in [-0.39, 0.29) is 11.8 Å². The summed E-state index contributed by atoms with van der Waals surface area (Å²) in [4.78, 5) is 21.3. The number of hydrogen-bond donors (Lipinski definition) is 1. The Balaban J connectivity index is 2.29. The monoisotopic (exact) mass is 217 g/mol. The van der Waals surface area contributed by atoms with Gasteiger partial charge < -0.3 is 0 Å². The summed E-state index contributed by atoms with van der Waals surface area (Å²) in [5.74, 6) is 0.0196. The highest BCUT2D eigenvalue weighted by atomic mass is 16.3. The highest BCUT2D eigenvalue weighted by molar-refractivity contribution is 6.05. The molecule has 0 fully saturated rings. The first kappa shape index (κ1) is 10.5. The van der Waals surface area contributed by atoms with Gasteiger partial charge in [-0.2, -0.15) is 5.10 Å². The molecular formula is C11H11N3O2. The van der Waals surface area contributed by atoms with Gasteiger partial charge in [0, 0.05) is 12.3 Å². The van der Waals surface area contributed by atoms with Crippen LogP contribution in [-0.2, 0) is 4.79 Å². The summed E-state index contributed by atoms with van der Waals surface area (Å²) in [6.07, 6.45) is 0.437. The number of carbonyl (C=O) groups excluding carboxylic acids is 1. The SMILES string of the molecule is CC1CC(=O)NN=C1c1ccc(N=O)cc1. The molecule has 1 aliphatic rings. The number of rotatable bonds is 2. The Morgan fingerprint density at radius 1 is 1.38 bits per heavy atom. The van der Waals surface area contributed by atoms with Crippen molar-refractivity contribution in [3.63, 3.8) is 0 Å². The molecule has 82 valence electrons. The highest BCUT2D eigenvalue weighted by Gasteiger charge is 2.21. The first-order valence-corrected chi connectivity index (χ1v) is 5.01. The third kappa shape index (κ3) is 1.98. The van der Waals surface area contributed by atoms with E-state index < -0.39 is 0 Å². The minimum Gasteiger partial charge on any atom is -0.273 e. The molecule has 5 nitrogen and oxygen atoms in total. The molecule has 0 bridgehead atoms. The molecule has 1 unspecified atom stereocenters. The number of amides is 1. The lowest BCUT2D eigenvalue weighted by Gasteiger charge is -2.18. The van der Waals surface area contributed by atoms with Gasteiger partial charge in [0.1, 0.15) is 5.69 Å². The molecule has 16 heavy (non-hydrogen) atoms. The van der Waals surface area contributed by atoms with Crippen molar-refractivity contribution in [2.24, 2.45) is 16.2 Å². The van der Waals surface area contributed by atoms with Crippen LogP contribution in [0.5, 0.6) is 0 Å². The molecule has 0 radical (unpaired) electrons. The van der Waals surface area contributed by atoms with Crippen molar-refractivity contribution in [3.05, 3.63) is 34.7 Å². The van der Waals surface area contributed by atoms with Crippen molar-refractivity contribution in [2.45, 2.75) is 13.3 Å². The lowest BCUT2D eigenvalue weighted by Crippen LogP contribution is -2.31. The quantitative estimate of drug-likeness (QED) is 0.769. The number of nitroso groups, excluding NO2 is 1. The lowest BCUT2D eigenvalue weighted by molar-refractivity contribution is -0.121. The van der Waals surface area contributed by atoms with Crippen LogP contribution in [0.2, 0.25) is 0 Å². The lowest BCUT2D eigenvalue weighted by atomic mass is 9.94. The van der Waals surface area contributed by atoms with Gasteiger partial charge in [-0.05, 0) is 22.9 Å². The van der Waals surface area contributed by atoms with Crippen molar-refractivity contribution < 1.29 is 4.79 Å². The molecule has 1 aliphatic heterocycles. The van der Waals surface area contributed by atoms with E-state index in [1.165, 1.54) is 0 Å². The van der Waals surface area contributed by atoms with Crippen LogP contribution < -0.4 is 5.43 Å². The minimum absolute atomic E-state index is 0.0672. The molecule has 1 N–H and O–H groups in total. The summed E-state index contributed by atoms with van der Waals surface area (Å²) in [6.45, 7) is 1.95. The highest BCUT2D eigenvalue weighted by Crippen LogP contribution is 2.19. The maximum Gasteiger partial charge on any atom is 0.240 e. The molecule has 0 spiro atoms. The van der Waals surface area contributed by atoms with Gasteiger partial charge in [0.2, 0.25) is 5.91 Å². The molecule has 0 aliphatic carbocycles.